The number of Topliss-reactive ketones (excluding diaryl/α,β-unsaturated/α-hetero) is 1. The van der Waals surface area contributed by atoms with E-state index in [1.165, 1.54) is 12.1 Å². The SMILES string of the molecule is CNC(=O)[C@@H](CC(=O)c1nc(-c2cccc(F)c2)n2c1CN(C)CCC2)CC(C)C. The van der Waals surface area contributed by atoms with E-state index in [0.717, 1.165) is 25.2 Å². The Hall–Kier alpha value is -2.54. The zero-order chi connectivity index (χ0) is 21.8. The van der Waals surface area contributed by atoms with Gasteiger partial charge in [0.1, 0.15) is 17.3 Å². The molecule has 1 aromatic heterocycles. The Balaban J connectivity index is 2.01. The fourth-order valence-electron chi connectivity index (χ4n) is 4.17. The molecular formula is C23H31FN4O2. The van der Waals surface area contributed by atoms with Crippen molar-refractivity contribution in [2.45, 2.75) is 46.2 Å². The van der Waals surface area contributed by atoms with Crippen molar-refractivity contribution in [3.63, 3.8) is 0 Å². The number of hydrogen-bond donors (Lipinski definition) is 1. The first kappa shape index (κ1) is 22.2. The van der Waals surface area contributed by atoms with Crippen LogP contribution < -0.4 is 5.32 Å². The van der Waals surface area contributed by atoms with Crippen molar-refractivity contribution in [2.75, 3.05) is 20.6 Å². The van der Waals surface area contributed by atoms with Crippen LogP contribution in [0.4, 0.5) is 4.39 Å². The molecule has 162 valence electrons. The van der Waals surface area contributed by atoms with Gasteiger partial charge in [0, 0.05) is 38.0 Å². The van der Waals surface area contributed by atoms with E-state index in [-0.39, 0.29) is 29.8 Å². The molecule has 2 heterocycles. The average Bonchev–Trinajstić information content (AvgIpc) is 2.93. The van der Waals surface area contributed by atoms with E-state index in [1.807, 2.05) is 31.5 Å². The summed E-state index contributed by atoms with van der Waals surface area (Å²) in [4.78, 5) is 32.5. The van der Waals surface area contributed by atoms with Crippen LogP contribution in [-0.4, -0.2) is 46.8 Å². The molecule has 0 fully saturated rings. The van der Waals surface area contributed by atoms with E-state index >= 15 is 0 Å². The van der Waals surface area contributed by atoms with Crippen LogP contribution in [0.3, 0.4) is 0 Å². The zero-order valence-corrected chi connectivity index (χ0v) is 18.2. The lowest BCUT2D eigenvalue weighted by Crippen LogP contribution is -2.30. The van der Waals surface area contributed by atoms with Crippen LogP contribution in [0.25, 0.3) is 11.4 Å². The molecule has 1 amide bonds. The van der Waals surface area contributed by atoms with E-state index in [9.17, 15) is 14.0 Å². The van der Waals surface area contributed by atoms with Gasteiger partial charge in [-0.2, -0.15) is 0 Å². The molecule has 1 atom stereocenters. The van der Waals surface area contributed by atoms with E-state index in [4.69, 9.17) is 0 Å². The van der Waals surface area contributed by atoms with Crippen LogP contribution in [0.2, 0.25) is 0 Å². The Kier molecular flexibility index (Phi) is 7.02. The van der Waals surface area contributed by atoms with Crippen molar-refractivity contribution in [3.8, 4) is 11.4 Å². The Morgan fingerprint density at radius 2 is 2.03 bits per heavy atom. The summed E-state index contributed by atoms with van der Waals surface area (Å²) in [5.41, 5.74) is 1.91. The number of nitrogens with one attached hydrogen (secondary N) is 1. The molecule has 0 spiro atoms. The summed E-state index contributed by atoms with van der Waals surface area (Å²) in [5, 5.41) is 2.68. The van der Waals surface area contributed by atoms with Gasteiger partial charge in [0.15, 0.2) is 5.78 Å². The summed E-state index contributed by atoms with van der Waals surface area (Å²) in [6.45, 7) is 6.31. The number of benzene rings is 1. The zero-order valence-electron chi connectivity index (χ0n) is 18.2. The van der Waals surface area contributed by atoms with E-state index in [1.54, 1.807) is 13.1 Å². The maximum Gasteiger partial charge on any atom is 0.223 e. The van der Waals surface area contributed by atoms with Gasteiger partial charge < -0.3 is 14.8 Å². The van der Waals surface area contributed by atoms with Gasteiger partial charge >= 0.3 is 0 Å². The number of ketones is 1. The smallest absolute Gasteiger partial charge is 0.223 e. The Morgan fingerprint density at radius 3 is 2.70 bits per heavy atom. The van der Waals surface area contributed by atoms with E-state index in [0.29, 0.717) is 36.0 Å². The minimum absolute atomic E-state index is 0.119. The number of nitrogens with zero attached hydrogens (tertiary/aromatic N) is 3. The molecular weight excluding hydrogens is 383 g/mol. The fraction of sp³-hybridized carbons (Fsp3) is 0.522. The fourth-order valence-corrected chi connectivity index (χ4v) is 4.17. The number of halogens is 1. The van der Waals surface area contributed by atoms with Gasteiger partial charge in [-0.05, 0) is 44.5 Å². The molecule has 7 heteroatoms. The minimum Gasteiger partial charge on any atom is -0.359 e. The molecule has 6 nitrogen and oxygen atoms in total. The molecule has 0 unspecified atom stereocenters. The number of aromatic nitrogens is 2. The lowest BCUT2D eigenvalue weighted by molar-refractivity contribution is -0.124. The molecule has 0 saturated heterocycles. The third kappa shape index (κ3) is 4.95. The van der Waals surface area contributed by atoms with Crippen LogP contribution >= 0.6 is 0 Å². The second-order valence-corrected chi connectivity index (χ2v) is 8.55. The maximum absolute atomic E-state index is 13.9. The molecule has 2 aromatic rings. The highest BCUT2D eigenvalue weighted by Gasteiger charge is 2.29. The van der Waals surface area contributed by atoms with Gasteiger partial charge in [-0.1, -0.05) is 26.0 Å². The summed E-state index contributed by atoms with van der Waals surface area (Å²) in [6.07, 6.45) is 1.68. The van der Waals surface area contributed by atoms with Crippen molar-refractivity contribution in [1.29, 1.82) is 0 Å². The first-order chi connectivity index (χ1) is 14.3. The van der Waals surface area contributed by atoms with Crippen LogP contribution in [0.5, 0.6) is 0 Å². The number of fused-ring (bicyclic) bond motifs is 1. The highest BCUT2D eigenvalue weighted by atomic mass is 19.1. The number of carbonyl (C=O) groups excluding carboxylic acids is 2. The van der Waals surface area contributed by atoms with Crippen LogP contribution in [0, 0.1) is 17.7 Å². The van der Waals surface area contributed by atoms with Gasteiger partial charge in [0.05, 0.1) is 5.69 Å². The standard InChI is InChI=1S/C23H31FN4O2/c1-15(2)11-17(23(30)25-3)13-20(29)21-19-14-27(4)9-6-10-28(19)22(26-21)16-7-5-8-18(24)12-16/h5,7-8,12,15,17H,6,9-11,13-14H2,1-4H3,(H,25,30)/t17-/m1/s1. The van der Waals surface area contributed by atoms with Gasteiger partial charge in [-0.3, -0.25) is 9.59 Å². The molecule has 0 aliphatic carbocycles. The molecule has 0 radical (unpaired) electrons. The maximum atomic E-state index is 13.9. The molecule has 0 saturated carbocycles. The van der Waals surface area contributed by atoms with Gasteiger partial charge in [-0.25, -0.2) is 9.37 Å². The lowest BCUT2D eigenvalue weighted by Gasteiger charge is -2.17. The number of rotatable bonds is 7. The normalized spacial score (nSPS) is 15.5. The van der Waals surface area contributed by atoms with Crippen molar-refractivity contribution >= 4 is 11.7 Å². The first-order valence-corrected chi connectivity index (χ1v) is 10.6. The number of imidazole rings is 1. The molecule has 3 rings (SSSR count). The molecule has 1 aliphatic rings. The van der Waals surface area contributed by atoms with Crippen molar-refractivity contribution in [3.05, 3.63) is 41.5 Å². The Bertz CT molecular complexity index is 922. The molecule has 30 heavy (non-hydrogen) atoms. The second kappa shape index (κ2) is 9.51. The topological polar surface area (TPSA) is 67.2 Å². The Labute approximate surface area is 177 Å². The summed E-state index contributed by atoms with van der Waals surface area (Å²) in [6, 6.07) is 6.31. The van der Waals surface area contributed by atoms with Gasteiger partial charge in [0.25, 0.3) is 0 Å². The highest BCUT2D eigenvalue weighted by molar-refractivity contribution is 5.98. The lowest BCUT2D eigenvalue weighted by atomic mass is 9.90. The van der Waals surface area contributed by atoms with Gasteiger partial charge in [0.2, 0.25) is 5.91 Å². The van der Waals surface area contributed by atoms with E-state index < -0.39 is 0 Å². The summed E-state index contributed by atoms with van der Waals surface area (Å²) < 4.78 is 15.9. The summed E-state index contributed by atoms with van der Waals surface area (Å²) in [7, 11) is 3.62. The number of hydrogen-bond acceptors (Lipinski definition) is 4. The molecule has 1 aromatic carbocycles. The third-order valence-electron chi connectivity index (χ3n) is 5.57. The third-order valence-corrected chi connectivity index (χ3v) is 5.57. The predicted octanol–water partition coefficient (Wildman–Crippen LogP) is 3.51. The molecule has 0 bridgehead atoms. The Morgan fingerprint density at radius 1 is 1.27 bits per heavy atom. The van der Waals surface area contributed by atoms with Crippen molar-refractivity contribution in [2.24, 2.45) is 11.8 Å². The van der Waals surface area contributed by atoms with Crippen LogP contribution in [-0.2, 0) is 17.9 Å². The molecule has 1 N–H and O–H groups in total. The van der Waals surface area contributed by atoms with Crippen LogP contribution in [0.1, 0.15) is 49.3 Å². The largest absolute Gasteiger partial charge is 0.359 e. The van der Waals surface area contributed by atoms with Gasteiger partial charge in [-0.15, -0.1) is 0 Å². The summed E-state index contributed by atoms with van der Waals surface area (Å²) >= 11 is 0. The quantitative estimate of drug-likeness (QED) is 0.704. The monoisotopic (exact) mass is 414 g/mol. The second-order valence-electron chi connectivity index (χ2n) is 8.55. The van der Waals surface area contributed by atoms with Crippen LogP contribution in [0.15, 0.2) is 24.3 Å². The molecule has 1 aliphatic heterocycles. The summed E-state index contributed by atoms with van der Waals surface area (Å²) in [5.74, 6) is -0.0615. The minimum atomic E-state index is -0.388. The average molecular weight is 415 g/mol. The predicted molar refractivity (Wildman–Crippen MR) is 115 cm³/mol. The van der Waals surface area contributed by atoms with E-state index in [2.05, 4.69) is 15.2 Å². The number of amides is 1. The number of carbonyl (C=O) groups is 2. The highest BCUT2D eigenvalue weighted by Crippen LogP contribution is 2.28. The van der Waals surface area contributed by atoms with Crippen molar-refractivity contribution < 1.29 is 14.0 Å². The first-order valence-electron chi connectivity index (χ1n) is 10.6. The van der Waals surface area contributed by atoms with Crippen molar-refractivity contribution in [1.82, 2.24) is 19.8 Å².